The van der Waals surface area contributed by atoms with Crippen molar-refractivity contribution in [1.82, 2.24) is 10.6 Å². The summed E-state index contributed by atoms with van der Waals surface area (Å²) in [5.74, 6) is 0.439. The minimum atomic E-state index is -4.71. The van der Waals surface area contributed by atoms with E-state index in [1.807, 2.05) is 6.07 Å². The summed E-state index contributed by atoms with van der Waals surface area (Å²) in [4.78, 5) is 0. The molecule has 0 aliphatic carbocycles. The van der Waals surface area contributed by atoms with Crippen LogP contribution < -0.4 is 20.1 Å². The second-order valence-electron chi connectivity index (χ2n) is 8.13. The van der Waals surface area contributed by atoms with E-state index in [1.165, 1.54) is 24.8 Å². The predicted octanol–water partition coefficient (Wildman–Crippen LogP) is 4.92. The van der Waals surface area contributed by atoms with Crippen LogP contribution >= 0.6 is 0 Å². The molecule has 2 N–H and O–H groups in total. The van der Waals surface area contributed by atoms with Gasteiger partial charge in [-0.15, -0.1) is 13.2 Å². The first-order valence-electron chi connectivity index (χ1n) is 10.4. The molecule has 0 amide bonds. The lowest BCUT2D eigenvalue weighted by molar-refractivity contribution is -0.274. The van der Waals surface area contributed by atoms with Gasteiger partial charge in [0.1, 0.15) is 11.5 Å². The molecule has 0 aromatic heterocycles. The van der Waals surface area contributed by atoms with Gasteiger partial charge < -0.3 is 20.1 Å². The number of nitrogens with one attached hydrogen (secondary N) is 2. The van der Waals surface area contributed by atoms with Crippen molar-refractivity contribution in [2.24, 2.45) is 0 Å². The highest BCUT2D eigenvalue weighted by Gasteiger charge is 2.44. The summed E-state index contributed by atoms with van der Waals surface area (Å²) in [6.07, 6.45) is -0.751. The van der Waals surface area contributed by atoms with Crippen LogP contribution in [0.15, 0.2) is 48.5 Å². The maximum atomic E-state index is 12.7. The number of hydrogen-bond acceptors (Lipinski definition) is 4. The number of hydrogen-bond donors (Lipinski definition) is 2. The Balaban J connectivity index is 1.54. The van der Waals surface area contributed by atoms with Crippen molar-refractivity contribution in [2.45, 2.75) is 49.5 Å². The molecule has 1 unspecified atom stereocenters. The third-order valence-corrected chi connectivity index (χ3v) is 6.35. The van der Waals surface area contributed by atoms with Crippen molar-refractivity contribution in [3.8, 4) is 11.5 Å². The molecule has 2 aliphatic heterocycles. The number of halogens is 3. The molecule has 3 atom stereocenters. The highest BCUT2D eigenvalue weighted by Crippen LogP contribution is 2.44. The summed E-state index contributed by atoms with van der Waals surface area (Å²) >= 11 is 0. The van der Waals surface area contributed by atoms with E-state index in [1.54, 1.807) is 6.07 Å². The van der Waals surface area contributed by atoms with Gasteiger partial charge in [0.15, 0.2) is 0 Å². The third kappa shape index (κ3) is 4.42. The van der Waals surface area contributed by atoms with Crippen LogP contribution in [0.25, 0.3) is 0 Å². The van der Waals surface area contributed by atoms with Crippen molar-refractivity contribution in [1.29, 1.82) is 0 Å². The molecular formula is C23H27F3N2O2. The Morgan fingerprint density at radius 2 is 1.87 bits per heavy atom. The maximum Gasteiger partial charge on any atom is 0.573 e. The van der Waals surface area contributed by atoms with Gasteiger partial charge in [-0.05, 0) is 56.0 Å². The van der Waals surface area contributed by atoms with Gasteiger partial charge in [0.25, 0.3) is 0 Å². The van der Waals surface area contributed by atoms with Crippen molar-refractivity contribution >= 4 is 0 Å². The lowest BCUT2D eigenvalue weighted by atomic mass is 9.71. The summed E-state index contributed by atoms with van der Waals surface area (Å²) in [5, 5.41) is 7.45. The SMILES string of the molecule is COc1ccc(OC(F)(F)F)cc1[C@@H]1CC[C@]2(CCCNC2c2ccccc2)NC1. The molecular weight excluding hydrogens is 393 g/mol. The Morgan fingerprint density at radius 3 is 2.53 bits per heavy atom. The number of methoxy groups -OCH3 is 1. The van der Waals surface area contributed by atoms with Gasteiger partial charge in [0, 0.05) is 23.6 Å². The van der Waals surface area contributed by atoms with E-state index in [9.17, 15) is 13.2 Å². The molecule has 2 aliphatic rings. The van der Waals surface area contributed by atoms with Crippen LogP contribution in [0.1, 0.15) is 48.8 Å². The van der Waals surface area contributed by atoms with E-state index in [0.717, 1.165) is 37.8 Å². The zero-order valence-electron chi connectivity index (χ0n) is 17.0. The largest absolute Gasteiger partial charge is 0.573 e. The normalized spacial score (nSPS) is 27.1. The van der Waals surface area contributed by atoms with Gasteiger partial charge in [-0.3, -0.25) is 0 Å². The molecule has 0 bridgehead atoms. The number of rotatable bonds is 4. The molecule has 4 rings (SSSR count). The van der Waals surface area contributed by atoms with Crippen LogP contribution in [0.2, 0.25) is 0 Å². The summed E-state index contributed by atoms with van der Waals surface area (Å²) in [6, 6.07) is 15.0. The number of piperidine rings is 2. The zero-order chi connectivity index (χ0) is 21.2. The third-order valence-electron chi connectivity index (χ3n) is 6.35. The average molecular weight is 420 g/mol. The molecule has 2 fully saturated rings. The van der Waals surface area contributed by atoms with Crippen molar-refractivity contribution in [3.63, 3.8) is 0 Å². The lowest BCUT2D eigenvalue weighted by Gasteiger charge is -2.50. The van der Waals surface area contributed by atoms with Crippen LogP contribution in [0, 0.1) is 0 Å². The van der Waals surface area contributed by atoms with E-state index < -0.39 is 6.36 Å². The van der Waals surface area contributed by atoms with Crippen LogP contribution in [0.5, 0.6) is 11.5 Å². The zero-order valence-corrected chi connectivity index (χ0v) is 17.0. The molecule has 162 valence electrons. The maximum absolute atomic E-state index is 12.7. The lowest BCUT2D eigenvalue weighted by Crippen LogP contribution is -2.60. The molecule has 30 heavy (non-hydrogen) atoms. The Bertz CT molecular complexity index is 849. The van der Waals surface area contributed by atoms with Gasteiger partial charge in [-0.25, -0.2) is 0 Å². The predicted molar refractivity (Wildman–Crippen MR) is 109 cm³/mol. The standard InChI is InChI=1S/C23H27F3N2O2/c1-29-20-9-8-18(30-23(24,25)26)14-19(20)17-10-12-22(28-15-17)11-5-13-27-21(22)16-6-3-2-4-7-16/h2-4,6-9,14,17,21,27-28H,5,10-13,15H2,1H3/t17-,21?,22+/m1/s1. The van der Waals surface area contributed by atoms with Crippen molar-refractivity contribution in [3.05, 3.63) is 59.7 Å². The number of alkyl halides is 3. The second-order valence-corrected chi connectivity index (χ2v) is 8.13. The van der Waals surface area contributed by atoms with E-state index in [0.29, 0.717) is 12.3 Å². The fourth-order valence-corrected chi connectivity index (χ4v) is 4.97. The fraction of sp³-hybridized carbons (Fsp3) is 0.478. The molecule has 2 aromatic rings. The molecule has 1 spiro atoms. The Morgan fingerprint density at radius 1 is 1.07 bits per heavy atom. The summed E-state index contributed by atoms with van der Waals surface area (Å²) < 4.78 is 47.6. The fourth-order valence-electron chi connectivity index (χ4n) is 4.97. The molecule has 2 aromatic carbocycles. The number of benzene rings is 2. The number of ether oxygens (including phenoxy) is 2. The van der Waals surface area contributed by atoms with Crippen molar-refractivity contribution < 1.29 is 22.6 Å². The highest BCUT2D eigenvalue weighted by atomic mass is 19.4. The molecule has 4 nitrogen and oxygen atoms in total. The molecule has 0 radical (unpaired) electrons. The first-order valence-corrected chi connectivity index (χ1v) is 10.4. The van der Waals surface area contributed by atoms with Gasteiger partial charge in [0.2, 0.25) is 0 Å². The van der Waals surface area contributed by atoms with Crippen LogP contribution in [-0.2, 0) is 0 Å². The minimum Gasteiger partial charge on any atom is -0.496 e. The first kappa shape index (κ1) is 21.0. The second kappa shape index (κ2) is 8.47. The molecule has 2 saturated heterocycles. The minimum absolute atomic E-state index is 0.0522. The van der Waals surface area contributed by atoms with Crippen molar-refractivity contribution in [2.75, 3.05) is 20.2 Å². The van der Waals surface area contributed by atoms with Gasteiger partial charge in [-0.1, -0.05) is 30.3 Å². The van der Waals surface area contributed by atoms with E-state index in [-0.39, 0.29) is 23.2 Å². The van der Waals surface area contributed by atoms with Crippen LogP contribution in [-0.4, -0.2) is 32.1 Å². The Labute approximate surface area is 174 Å². The van der Waals surface area contributed by atoms with Crippen LogP contribution in [0.4, 0.5) is 13.2 Å². The Hall–Kier alpha value is -2.25. The smallest absolute Gasteiger partial charge is 0.496 e. The van der Waals surface area contributed by atoms with E-state index >= 15 is 0 Å². The monoisotopic (exact) mass is 420 g/mol. The Kier molecular flexibility index (Phi) is 5.93. The molecule has 2 heterocycles. The first-order chi connectivity index (χ1) is 14.4. The summed E-state index contributed by atoms with van der Waals surface area (Å²) in [7, 11) is 1.54. The van der Waals surface area contributed by atoms with E-state index in [4.69, 9.17) is 4.74 Å². The highest BCUT2D eigenvalue weighted by molar-refractivity contribution is 5.43. The van der Waals surface area contributed by atoms with Gasteiger partial charge in [-0.2, -0.15) is 0 Å². The average Bonchev–Trinajstić information content (AvgIpc) is 2.74. The molecule has 0 saturated carbocycles. The van der Waals surface area contributed by atoms with Crippen LogP contribution in [0.3, 0.4) is 0 Å². The van der Waals surface area contributed by atoms with E-state index in [2.05, 4.69) is 39.6 Å². The summed E-state index contributed by atoms with van der Waals surface area (Å²) in [5.41, 5.74) is 1.96. The molecule has 7 heteroatoms. The quantitative estimate of drug-likeness (QED) is 0.737. The van der Waals surface area contributed by atoms with Gasteiger partial charge in [0.05, 0.1) is 13.2 Å². The summed E-state index contributed by atoms with van der Waals surface area (Å²) in [6.45, 7) is 1.66. The topological polar surface area (TPSA) is 42.5 Å². The van der Waals surface area contributed by atoms with Gasteiger partial charge >= 0.3 is 6.36 Å².